The Morgan fingerprint density at radius 2 is 1.39 bits per heavy atom. The number of halogens is 1. The first-order valence-corrected chi connectivity index (χ1v) is 14.0. The summed E-state index contributed by atoms with van der Waals surface area (Å²) >= 11 is 6.27. The summed E-state index contributed by atoms with van der Waals surface area (Å²) < 4.78 is 25.8. The number of rotatable bonds is 8. The van der Waals surface area contributed by atoms with Gasteiger partial charge in [0.15, 0.2) is 28.7 Å². The Kier molecular flexibility index (Phi) is 8.05. The molecule has 12 heteroatoms. The topological polar surface area (TPSA) is 132 Å². The Morgan fingerprint density at radius 3 is 2.00 bits per heavy atom. The summed E-state index contributed by atoms with van der Waals surface area (Å²) in [6.07, 6.45) is -0.814. The normalized spacial score (nSPS) is 21.1. The Labute approximate surface area is 256 Å². The molecule has 3 aromatic carbocycles. The van der Waals surface area contributed by atoms with Gasteiger partial charge in [-0.3, -0.25) is 4.57 Å². The SMILES string of the molecule is C[C@@]1(OC(=O)c2ccccc2)[C@H](OC(=O)c2ccccc2)[C@@H](COC(=O)c2ccccc2)O[C@H]1n1cnc2c(Cl)ncnc21. The highest BCUT2D eigenvalue weighted by Crippen LogP contribution is 2.45. The van der Waals surface area contributed by atoms with E-state index in [0.717, 1.165) is 0 Å². The van der Waals surface area contributed by atoms with Crippen molar-refractivity contribution in [1.82, 2.24) is 19.5 Å². The number of hydrogen-bond donors (Lipinski definition) is 0. The van der Waals surface area contributed by atoms with Crippen molar-refractivity contribution in [1.29, 1.82) is 0 Å². The van der Waals surface area contributed by atoms with Gasteiger partial charge in [-0.1, -0.05) is 66.2 Å². The fourth-order valence-electron chi connectivity index (χ4n) is 5.05. The summed E-state index contributed by atoms with van der Waals surface area (Å²) in [7, 11) is 0. The van der Waals surface area contributed by atoms with E-state index in [1.54, 1.807) is 97.9 Å². The van der Waals surface area contributed by atoms with Crippen molar-refractivity contribution in [2.75, 3.05) is 6.61 Å². The van der Waals surface area contributed by atoms with Gasteiger partial charge in [-0.05, 0) is 43.3 Å². The smallest absolute Gasteiger partial charge is 0.338 e. The molecule has 1 fully saturated rings. The van der Waals surface area contributed by atoms with Crippen molar-refractivity contribution in [2.45, 2.75) is 31.0 Å². The van der Waals surface area contributed by atoms with E-state index in [9.17, 15) is 14.4 Å². The summed E-state index contributed by atoms with van der Waals surface area (Å²) in [5, 5.41) is 0.107. The standard InChI is InChI=1S/C32H25ClN4O7/c1-32(44-30(40)22-15-9-4-10-16-22)25(43-29(39)21-13-7-3-8-14-21)23(17-41-28(38)20-11-5-2-6-12-20)42-31(32)37-19-36-24-26(33)34-18-35-27(24)37/h2-16,18-19,23,25,31H,17H2,1H3/t23-,25-,31-,32-/m1/s1. The number of ether oxygens (including phenoxy) is 4. The summed E-state index contributed by atoms with van der Waals surface area (Å²) in [4.78, 5) is 52.4. The van der Waals surface area contributed by atoms with Gasteiger partial charge in [-0.25, -0.2) is 29.3 Å². The van der Waals surface area contributed by atoms with E-state index >= 15 is 0 Å². The van der Waals surface area contributed by atoms with Gasteiger partial charge in [-0.2, -0.15) is 0 Å². The predicted molar refractivity (Wildman–Crippen MR) is 157 cm³/mol. The van der Waals surface area contributed by atoms with Crippen LogP contribution in [0.15, 0.2) is 104 Å². The van der Waals surface area contributed by atoms with Crippen LogP contribution in [0.2, 0.25) is 5.15 Å². The van der Waals surface area contributed by atoms with E-state index in [-0.39, 0.29) is 34.1 Å². The molecule has 0 saturated carbocycles. The second-order valence-corrected chi connectivity index (χ2v) is 10.5. The minimum atomic E-state index is -1.69. The highest BCUT2D eigenvalue weighted by molar-refractivity contribution is 6.33. The monoisotopic (exact) mass is 612 g/mol. The lowest BCUT2D eigenvalue weighted by Crippen LogP contribution is -2.50. The number of hydrogen-bond acceptors (Lipinski definition) is 10. The summed E-state index contributed by atoms with van der Waals surface area (Å²) in [5.74, 6) is -2.00. The highest BCUT2D eigenvalue weighted by atomic mass is 35.5. The van der Waals surface area contributed by atoms with E-state index in [0.29, 0.717) is 5.56 Å². The molecule has 44 heavy (non-hydrogen) atoms. The third-order valence-corrected chi connectivity index (χ3v) is 7.49. The lowest BCUT2D eigenvalue weighted by Gasteiger charge is -2.34. The number of fused-ring (bicyclic) bond motifs is 1. The van der Waals surface area contributed by atoms with Crippen LogP contribution in [0.5, 0.6) is 0 Å². The molecule has 4 atom stereocenters. The molecule has 11 nitrogen and oxygen atoms in total. The molecular weight excluding hydrogens is 588 g/mol. The molecule has 5 aromatic rings. The molecule has 2 aromatic heterocycles. The molecule has 3 heterocycles. The largest absolute Gasteiger partial charge is 0.459 e. The van der Waals surface area contributed by atoms with Gasteiger partial charge in [0.1, 0.15) is 24.6 Å². The van der Waals surface area contributed by atoms with E-state index in [4.69, 9.17) is 30.5 Å². The quantitative estimate of drug-likeness (QED) is 0.133. The van der Waals surface area contributed by atoms with Crippen LogP contribution in [0.3, 0.4) is 0 Å². The number of aromatic nitrogens is 4. The number of carbonyl (C=O) groups excluding carboxylic acids is 3. The molecule has 0 unspecified atom stereocenters. The van der Waals surface area contributed by atoms with E-state index in [1.807, 2.05) is 0 Å². The van der Waals surface area contributed by atoms with Crippen LogP contribution in [0.25, 0.3) is 11.2 Å². The van der Waals surface area contributed by atoms with Gasteiger partial charge >= 0.3 is 17.9 Å². The van der Waals surface area contributed by atoms with Crippen LogP contribution < -0.4 is 0 Å². The lowest BCUT2D eigenvalue weighted by molar-refractivity contribution is -0.108. The van der Waals surface area contributed by atoms with Crippen molar-refractivity contribution in [3.8, 4) is 0 Å². The second-order valence-electron chi connectivity index (χ2n) is 10.1. The van der Waals surface area contributed by atoms with Crippen molar-refractivity contribution in [2.24, 2.45) is 0 Å². The van der Waals surface area contributed by atoms with E-state index in [2.05, 4.69) is 15.0 Å². The number of carbonyl (C=O) groups is 3. The molecule has 1 aliphatic heterocycles. The molecule has 0 aliphatic carbocycles. The number of imidazole rings is 1. The Bertz CT molecular complexity index is 1800. The first kappa shape index (κ1) is 29.0. The van der Waals surface area contributed by atoms with Gasteiger partial charge in [0.2, 0.25) is 0 Å². The molecule has 0 amide bonds. The van der Waals surface area contributed by atoms with Crippen LogP contribution >= 0.6 is 11.6 Å². The maximum atomic E-state index is 13.5. The molecule has 1 saturated heterocycles. The second kappa shape index (κ2) is 12.2. The van der Waals surface area contributed by atoms with Crippen molar-refractivity contribution in [3.05, 3.63) is 125 Å². The van der Waals surface area contributed by atoms with Crippen LogP contribution in [0.1, 0.15) is 44.2 Å². The average Bonchev–Trinajstić information content (AvgIpc) is 3.60. The molecule has 0 spiro atoms. The predicted octanol–water partition coefficient (Wildman–Crippen LogP) is 5.08. The molecule has 1 aliphatic rings. The minimum absolute atomic E-state index is 0.107. The number of nitrogens with zero attached hydrogens (tertiary/aromatic N) is 4. The van der Waals surface area contributed by atoms with Gasteiger partial charge in [-0.15, -0.1) is 0 Å². The summed E-state index contributed by atoms with van der Waals surface area (Å²) in [6, 6.07) is 25.1. The molecule has 222 valence electrons. The van der Waals surface area contributed by atoms with E-state index < -0.39 is 41.9 Å². The van der Waals surface area contributed by atoms with E-state index in [1.165, 1.54) is 17.2 Å². The zero-order chi connectivity index (χ0) is 30.7. The van der Waals surface area contributed by atoms with Gasteiger partial charge in [0.05, 0.1) is 23.0 Å². The fraction of sp³-hybridized carbons (Fsp3) is 0.188. The fourth-order valence-corrected chi connectivity index (χ4v) is 5.23. The average molecular weight is 613 g/mol. The van der Waals surface area contributed by atoms with Crippen molar-refractivity contribution >= 4 is 40.7 Å². The Hall–Kier alpha value is -5.13. The van der Waals surface area contributed by atoms with Gasteiger partial charge in [0.25, 0.3) is 0 Å². The minimum Gasteiger partial charge on any atom is -0.459 e. The highest BCUT2D eigenvalue weighted by Gasteiger charge is 2.60. The van der Waals surface area contributed by atoms with Gasteiger partial charge in [0, 0.05) is 0 Å². The van der Waals surface area contributed by atoms with Gasteiger partial charge < -0.3 is 18.9 Å². The Balaban J connectivity index is 1.41. The molecule has 0 radical (unpaired) electrons. The number of esters is 3. The van der Waals surface area contributed by atoms with Crippen LogP contribution in [-0.4, -0.2) is 61.8 Å². The van der Waals surface area contributed by atoms with Crippen LogP contribution in [0, 0.1) is 0 Å². The zero-order valence-electron chi connectivity index (χ0n) is 23.3. The summed E-state index contributed by atoms with van der Waals surface area (Å²) in [5.41, 5.74) is -0.268. The number of benzene rings is 3. The zero-order valence-corrected chi connectivity index (χ0v) is 24.0. The van der Waals surface area contributed by atoms with Crippen LogP contribution in [0.4, 0.5) is 0 Å². The Morgan fingerprint density at radius 1 is 0.818 bits per heavy atom. The third kappa shape index (κ3) is 5.62. The maximum Gasteiger partial charge on any atom is 0.338 e. The molecule has 0 N–H and O–H groups in total. The lowest BCUT2D eigenvalue weighted by atomic mass is 9.95. The maximum absolute atomic E-state index is 13.5. The van der Waals surface area contributed by atoms with Crippen LogP contribution in [-0.2, 0) is 18.9 Å². The van der Waals surface area contributed by atoms with Crippen molar-refractivity contribution < 1.29 is 33.3 Å². The summed E-state index contributed by atoms with van der Waals surface area (Å²) in [6.45, 7) is 1.24. The van der Waals surface area contributed by atoms with Crippen molar-refractivity contribution in [3.63, 3.8) is 0 Å². The first-order chi connectivity index (χ1) is 21.3. The molecule has 6 rings (SSSR count). The third-order valence-electron chi connectivity index (χ3n) is 7.22. The molecule has 0 bridgehead atoms. The first-order valence-electron chi connectivity index (χ1n) is 13.6. The molecular formula is C32H25ClN4O7.